The van der Waals surface area contributed by atoms with Crippen molar-refractivity contribution in [2.75, 3.05) is 13.1 Å². The molecule has 4 heterocycles. The summed E-state index contributed by atoms with van der Waals surface area (Å²) in [6, 6.07) is 5.49. The van der Waals surface area contributed by atoms with E-state index in [0.29, 0.717) is 37.9 Å². The van der Waals surface area contributed by atoms with E-state index < -0.39 is 53.2 Å². The Morgan fingerprint density at radius 3 is 2.39 bits per heavy atom. The van der Waals surface area contributed by atoms with Crippen molar-refractivity contribution in [1.82, 2.24) is 15.0 Å². The number of carbonyl (C=O) groups is 5. The summed E-state index contributed by atoms with van der Waals surface area (Å²) < 4.78 is 35.5. The molecule has 0 aliphatic carbocycles. The Balaban J connectivity index is 1.20. The number of piperidine rings is 1. The van der Waals surface area contributed by atoms with E-state index in [1.165, 1.54) is 24.6 Å². The molecule has 0 saturated carbocycles. The van der Waals surface area contributed by atoms with Crippen LogP contribution in [-0.4, -0.2) is 63.9 Å². The van der Waals surface area contributed by atoms with Gasteiger partial charge in [-0.15, -0.1) is 0 Å². The highest BCUT2D eigenvalue weighted by Crippen LogP contribution is 2.47. The molecule has 2 amide bonds. The average Bonchev–Trinajstić information content (AvgIpc) is 3.61. The van der Waals surface area contributed by atoms with Crippen molar-refractivity contribution in [2.45, 2.75) is 90.1 Å². The number of amides is 2. The van der Waals surface area contributed by atoms with Crippen LogP contribution in [0.4, 0.5) is 4.39 Å². The molecule has 1 fully saturated rings. The third kappa shape index (κ3) is 7.12. The van der Waals surface area contributed by atoms with Crippen molar-refractivity contribution >= 4 is 40.7 Å². The van der Waals surface area contributed by atoms with Crippen LogP contribution in [0.2, 0.25) is 0 Å². The number of nitrogens with zero attached hydrogens (tertiary/aromatic N) is 3. The predicted molar refractivity (Wildman–Crippen MR) is 173 cm³/mol. The van der Waals surface area contributed by atoms with Gasteiger partial charge in [0, 0.05) is 49.0 Å². The number of aromatic nitrogens is 1. The normalized spacial score (nSPS) is 18.1. The molecule has 6 rings (SSSR count). The van der Waals surface area contributed by atoms with Gasteiger partial charge in [-0.3, -0.25) is 24.2 Å². The van der Waals surface area contributed by atoms with Crippen LogP contribution in [0.3, 0.4) is 0 Å². The molecule has 3 aromatic rings. The van der Waals surface area contributed by atoms with Gasteiger partial charge in [0.25, 0.3) is 11.8 Å². The largest absolute Gasteiger partial charge is 0.419 e. The van der Waals surface area contributed by atoms with Crippen LogP contribution in [-0.2, 0) is 14.4 Å². The van der Waals surface area contributed by atoms with E-state index in [0.717, 1.165) is 60.2 Å². The van der Waals surface area contributed by atoms with Gasteiger partial charge in [-0.25, -0.2) is 14.0 Å². The molecule has 3 aliphatic rings. The molecule has 1 aromatic heterocycles. The Labute approximate surface area is 282 Å². The maximum absolute atomic E-state index is 14.0. The number of likely N-dealkylation sites (tertiary alicyclic amines) is 1. The number of rotatable bonds is 12. The van der Waals surface area contributed by atoms with Crippen molar-refractivity contribution in [2.24, 2.45) is 0 Å². The fourth-order valence-electron chi connectivity index (χ4n) is 6.69. The number of imide groups is 1. The lowest BCUT2D eigenvalue weighted by Crippen LogP contribution is -2.51. The minimum atomic E-state index is -1.01. The zero-order chi connectivity index (χ0) is 34.7. The van der Waals surface area contributed by atoms with E-state index in [1.807, 2.05) is 4.90 Å². The third-order valence-corrected chi connectivity index (χ3v) is 9.33. The molecule has 1 unspecified atom stereocenters. The topological polar surface area (TPSA) is 146 Å². The summed E-state index contributed by atoms with van der Waals surface area (Å²) in [4.78, 5) is 69.0. The van der Waals surface area contributed by atoms with E-state index in [1.54, 1.807) is 13.0 Å². The lowest BCUT2D eigenvalue weighted by atomic mass is 9.91. The van der Waals surface area contributed by atoms with Crippen molar-refractivity contribution in [3.05, 3.63) is 59.1 Å². The fourth-order valence-corrected chi connectivity index (χ4v) is 6.69. The van der Waals surface area contributed by atoms with Crippen LogP contribution >= 0.6 is 0 Å². The molecule has 2 aromatic carbocycles. The van der Waals surface area contributed by atoms with E-state index >= 15 is 0 Å². The summed E-state index contributed by atoms with van der Waals surface area (Å²) in [5, 5.41) is 4.94. The molecule has 0 spiro atoms. The number of halogens is 1. The van der Waals surface area contributed by atoms with E-state index in [2.05, 4.69) is 12.1 Å². The Bertz CT molecular complexity index is 1830. The number of hydrogen-bond donors (Lipinski definition) is 0. The van der Waals surface area contributed by atoms with E-state index in [9.17, 15) is 28.4 Å². The van der Waals surface area contributed by atoms with Crippen LogP contribution < -0.4 is 14.2 Å². The van der Waals surface area contributed by atoms with Gasteiger partial charge in [-0.05, 0) is 44.4 Å². The van der Waals surface area contributed by atoms with Gasteiger partial charge < -0.3 is 18.7 Å². The number of fused-ring (bicyclic) bond motifs is 5. The minimum absolute atomic E-state index is 0.0255. The van der Waals surface area contributed by atoms with Gasteiger partial charge in [0.2, 0.25) is 5.75 Å². The molecule has 3 aliphatic heterocycles. The molecule has 0 radical (unpaired) electrons. The molecule has 1 atom stereocenters. The van der Waals surface area contributed by atoms with Crippen molar-refractivity contribution in [1.29, 1.82) is 0 Å². The Hall–Kier alpha value is -4.91. The van der Waals surface area contributed by atoms with Crippen molar-refractivity contribution < 1.29 is 47.1 Å². The van der Waals surface area contributed by atoms with Crippen LogP contribution in [0.1, 0.15) is 110 Å². The maximum atomic E-state index is 14.0. The second-order valence-electron chi connectivity index (χ2n) is 12.6. The first-order chi connectivity index (χ1) is 23.7. The molecule has 1 saturated heterocycles. The van der Waals surface area contributed by atoms with Crippen LogP contribution in [0.5, 0.6) is 17.2 Å². The van der Waals surface area contributed by atoms with Gasteiger partial charge in [-0.2, -0.15) is 0 Å². The quantitative estimate of drug-likeness (QED) is 0.0934. The Kier molecular flexibility index (Phi) is 10.2. The summed E-state index contributed by atoms with van der Waals surface area (Å²) >= 11 is 0. The van der Waals surface area contributed by atoms with Crippen molar-refractivity contribution in [3.63, 3.8) is 0 Å². The van der Waals surface area contributed by atoms with E-state index in [4.69, 9.17) is 18.7 Å². The molecular weight excluding hydrogens is 637 g/mol. The van der Waals surface area contributed by atoms with Crippen LogP contribution in [0, 0.1) is 5.82 Å². The third-order valence-electron chi connectivity index (χ3n) is 9.33. The highest BCUT2D eigenvalue weighted by atomic mass is 19.1. The second-order valence-corrected chi connectivity index (χ2v) is 12.6. The Morgan fingerprint density at radius 2 is 1.65 bits per heavy atom. The fraction of sp³-hybridized carbons (Fsp3) is 0.444. The number of unbranched alkanes of at least 4 members (excludes halogenated alkanes) is 6. The second kappa shape index (κ2) is 14.7. The first-order valence-electron chi connectivity index (χ1n) is 16.9. The molecule has 2 bridgehead atoms. The highest BCUT2D eigenvalue weighted by Gasteiger charge is 2.46. The first kappa shape index (κ1) is 34.0. The summed E-state index contributed by atoms with van der Waals surface area (Å²) in [6.45, 7) is 4.87. The predicted octanol–water partition coefficient (Wildman–Crippen LogP) is 6.22. The average molecular weight is 676 g/mol. The summed E-state index contributed by atoms with van der Waals surface area (Å²) in [7, 11) is 0. The lowest BCUT2D eigenvalue weighted by Gasteiger charge is -2.38. The SMILES string of the molecule is CCCCCCCCCC(=O)Oc1c2cc3c(c1OC(=O)/C=C/C(=O)O2)C(=O)N(C(C)N1CCC(c2noc4cc(F)ccc24)CC1)C3=O. The standard InChI is InChI=1S/C36H38FN3O9/c1-3-4-5-6-7-8-9-10-28(41)47-33-27-20-25-31(34(33)48-30(43)14-13-29(42)46-27)36(45)40(35(25)44)21(2)39-17-15-22(16-18-39)32-24-12-11-23(37)19-26(24)49-38-32/h11-14,19-22H,3-10,15-18H2,1-2H3/b14-13+. The Morgan fingerprint density at radius 1 is 0.959 bits per heavy atom. The highest BCUT2D eigenvalue weighted by molar-refractivity contribution is 6.24. The zero-order valence-electron chi connectivity index (χ0n) is 27.5. The number of benzene rings is 2. The molecule has 12 nitrogen and oxygen atoms in total. The number of esters is 3. The number of hydrogen-bond acceptors (Lipinski definition) is 11. The summed E-state index contributed by atoms with van der Waals surface area (Å²) in [5.74, 6) is -5.62. The summed E-state index contributed by atoms with van der Waals surface area (Å²) in [5.41, 5.74) is 0.708. The minimum Gasteiger partial charge on any atom is -0.419 e. The molecule has 0 N–H and O–H groups in total. The lowest BCUT2D eigenvalue weighted by molar-refractivity contribution is -0.136. The van der Waals surface area contributed by atoms with Gasteiger partial charge in [0.05, 0.1) is 23.0 Å². The van der Waals surface area contributed by atoms with Gasteiger partial charge in [0.1, 0.15) is 5.82 Å². The first-order valence-corrected chi connectivity index (χ1v) is 16.9. The number of carbonyl (C=O) groups excluding carboxylic acids is 5. The molecule has 258 valence electrons. The van der Waals surface area contributed by atoms with Gasteiger partial charge in [0.15, 0.2) is 17.1 Å². The monoisotopic (exact) mass is 675 g/mol. The smallest absolute Gasteiger partial charge is 0.336 e. The van der Waals surface area contributed by atoms with Gasteiger partial charge >= 0.3 is 17.9 Å². The number of ether oxygens (including phenoxy) is 3. The van der Waals surface area contributed by atoms with Crippen LogP contribution in [0.25, 0.3) is 11.0 Å². The zero-order valence-corrected chi connectivity index (χ0v) is 27.5. The van der Waals surface area contributed by atoms with Gasteiger partial charge in [-0.1, -0.05) is 50.6 Å². The molecule has 13 heteroatoms. The van der Waals surface area contributed by atoms with E-state index in [-0.39, 0.29) is 29.2 Å². The van der Waals surface area contributed by atoms with Crippen molar-refractivity contribution in [3.8, 4) is 17.2 Å². The van der Waals surface area contributed by atoms with Crippen LogP contribution in [0.15, 0.2) is 40.9 Å². The molecular formula is C36H38FN3O9. The summed E-state index contributed by atoms with van der Waals surface area (Å²) in [6.07, 6.45) is 9.17. The maximum Gasteiger partial charge on any atom is 0.336 e. The molecule has 49 heavy (non-hydrogen) atoms.